The zero-order valence-electron chi connectivity index (χ0n) is 30.4. The molecule has 4 amide bonds. The third-order valence-electron chi connectivity index (χ3n) is 10.9. The fourth-order valence-corrected chi connectivity index (χ4v) is 8.82. The van der Waals surface area contributed by atoms with Gasteiger partial charge in [0.25, 0.3) is 11.8 Å². The minimum atomic E-state index is -3.50. The Kier molecular flexibility index (Phi) is 11.3. The van der Waals surface area contributed by atoms with Gasteiger partial charge in [-0.05, 0) is 70.2 Å². The van der Waals surface area contributed by atoms with Gasteiger partial charge in [0.2, 0.25) is 17.6 Å². The predicted molar refractivity (Wildman–Crippen MR) is 189 cm³/mol. The molecule has 3 atom stereocenters. The number of hydrogen-bond donors (Lipinski definition) is 4. The summed E-state index contributed by atoms with van der Waals surface area (Å²) >= 11 is 0. The standard InChI is InChI=1S/C36H51N7O8S/c1-34(2,49)28-21-38-41-43(28)25-19-27(32(47)40-36(29(44)30(37)45)17-9-6-10-18-36)42(22-25)33(48)35(3,20-23-11-7-5-8-12-23)39-31(46)24-13-15-26(16-14-24)52(4,50)51/h13-16,21,23,25,27,49H,5-12,17-20,22H2,1-4H3,(H2,37,45)(H,39,46)(H,40,47)/t25-,27-,35?/m0/s1. The van der Waals surface area contributed by atoms with Gasteiger partial charge >= 0.3 is 0 Å². The number of primary amides is 1. The number of amides is 4. The lowest BCUT2D eigenvalue weighted by Gasteiger charge is -2.40. The fraction of sp³-hybridized carbons (Fsp3) is 0.639. The number of aliphatic hydroxyl groups is 1. The predicted octanol–water partition coefficient (Wildman–Crippen LogP) is 2.08. The van der Waals surface area contributed by atoms with Crippen LogP contribution in [-0.4, -0.2) is 92.8 Å². The molecule has 0 bridgehead atoms. The van der Waals surface area contributed by atoms with Crippen molar-refractivity contribution in [1.29, 1.82) is 0 Å². The number of rotatable bonds is 12. The molecule has 3 fully saturated rings. The Labute approximate surface area is 304 Å². The van der Waals surface area contributed by atoms with E-state index in [0.717, 1.165) is 44.8 Å². The second kappa shape index (κ2) is 15.0. The average Bonchev–Trinajstić information content (AvgIpc) is 3.77. The molecule has 1 saturated heterocycles. The topological polar surface area (TPSA) is 224 Å². The van der Waals surface area contributed by atoms with E-state index in [1.165, 1.54) is 40.0 Å². The summed E-state index contributed by atoms with van der Waals surface area (Å²) in [4.78, 5) is 70.1. The van der Waals surface area contributed by atoms with E-state index in [2.05, 4.69) is 20.9 Å². The van der Waals surface area contributed by atoms with E-state index in [0.29, 0.717) is 18.5 Å². The van der Waals surface area contributed by atoms with Crippen LogP contribution in [0.1, 0.15) is 120 Å². The number of nitrogens with one attached hydrogen (secondary N) is 2. The number of carbonyl (C=O) groups excluding carboxylic acids is 5. The number of benzene rings is 1. The highest BCUT2D eigenvalue weighted by Crippen LogP contribution is 2.37. The van der Waals surface area contributed by atoms with Crippen molar-refractivity contribution < 1.29 is 37.5 Å². The van der Waals surface area contributed by atoms with Gasteiger partial charge < -0.3 is 26.4 Å². The van der Waals surface area contributed by atoms with E-state index in [4.69, 9.17) is 5.73 Å². The van der Waals surface area contributed by atoms with Gasteiger partial charge in [-0.15, -0.1) is 5.10 Å². The van der Waals surface area contributed by atoms with Crippen LogP contribution in [0.5, 0.6) is 0 Å². The van der Waals surface area contributed by atoms with Crippen molar-refractivity contribution in [3.63, 3.8) is 0 Å². The number of hydrogen-bond acceptors (Lipinski definition) is 10. The maximum atomic E-state index is 15.0. The van der Waals surface area contributed by atoms with E-state index in [-0.39, 0.29) is 48.6 Å². The van der Waals surface area contributed by atoms with Crippen molar-refractivity contribution in [2.24, 2.45) is 11.7 Å². The van der Waals surface area contributed by atoms with Crippen LogP contribution in [0.2, 0.25) is 0 Å². The Morgan fingerprint density at radius 1 is 0.981 bits per heavy atom. The Balaban J connectivity index is 1.52. The molecular formula is C36H51N7O8S. The van der Waals surface area contributed by atoms with Gasteiger partial charge in [0, 0.05) is 24.8 Å². The highest BCUT2D eigenvalue weighted by molar-refractivity contribution is 7.90. The average molecular weight is 742 g/mol. The van der Waals surface area contributed by atoms with Gasteiger partial charge in [-0.1, -0.05) is 56.6 Å². The van der Waals surface area contributed by atoms with E-state index in [1.54, 1.807) is 20.8 Å². The van der Waals surface area contributed by atoms with Gasteiger partial charge in [0.15, 0.2) is 9.84 Å². The van der Waals surface area contributed by atoms with Gasteiger partial charge in [0.1, 0.15) is 22.7 Å². The van der Waals surface area contributed by atoms with Crippen molar-refractivity contribution in [1.82, 2.24) is 30.5 Å². The molecule has 3 aliphatic rings. The molecule has 15 nitrogen and oxygen atoms in total. The molecule has 2 aromatic rings. The second-order valence-corrected chi connectivity index (χ2v) is 17.6. The molecule has 1 aromatic carbocycles. The number of likely N-dealkylation sites (tertiary alicyclic amines) is 1. The highest BCUT2D eigenvalue weighted by atomic mass is 32.2. The minimum absolute atomic E-state index is 0.0285. The molecule has 0 radical (unpaired) electrons. The summed E-state index contributed by atoms with van der Waals surface area (Å²) in [5, 5.41) is 24.9. The van der Waals surface area contributed by atoms with E-state index in [1.807, 2.05) is 0 Å². The van der Waals surface area contributed by atoms with Crippen molar-refractivity contribution in [2.45, 2.75) is 131 Å². The summed E-state index contributed by atoms with van der Waals surface area (Å²) in [7, 11) is -3.50. The number of nitrogens with two attached hydrogens (primary N) is 1. The van der Waals surface area contributed by atoms with Crippen molar-refractivity contribution in [3.8, 4) is 0 Å². The van der Waals surface area contributed by atoms with Crippen LogP contribution >= 0.6 is 0 Å². The zero-order chi connectivity index (χ0) is 38.1. The molecule has 2 saturated carbocycles. The second-order valence-electron chi connectivity index (χ2n) is 15.6. The van der Waals surface area contributed by atoms with E-state index < -0.39 is 68.0 Å². The molecule has 284 valence electrons. The highest BCUT2D eigenvalue weighted by Gasteiger charge is 2.51. The van der Waals surface area contributed by atoms with Crippen LogP contribution in [0.15, 0.2) is 35.4 Å². The van der Waals surface area contributed by atoms with E-state index >= 15 is 4.79 Å². The van der Waals surface area contributed by atoms with Crippen LogP contribution in [0.4, 0.5) is 0 Å². The summed E-state index contributed by atoms with van der Waals surface area (Å²) in [5.41, 5.74) is 1.62. The summed E-state index contributed by atoms with van der Waals surface area (Å²) in [6.45, 7) is 4.77. The number of Topliss-reactive ketones (excluding diaryl/α,β-unsaturated/α-hetero) is 1. The minimum Gasteiger partial charge on any atom is -0.384 e. The number of aromatic nitrogens is 3. The lowest BCUT2D eigenvalue weighted by atomic mass is 9.78. The molecule has 52 heavy (non-hydrogen) atoms. The number of ketones is 1. The molecule has 1 aliphatic heterocycles. The quantitative estimate of drug-likeness (QED) is 0.232. The van der Waals surface area contributed by atoms with Gasteiger partial charge in [-0.3, -0.25) is 24.0 Å². The smallest absolute Gasteiger partial charge is 0.287 e. The van der Waals surface area contributed by atoms with Gasteiger partial charge in [-0.25, -0.2) is 13.1 Å². The lowest BCUT2D eigenvalue weighted by molar-refractivity contribution is -0.147. The normalized spacial score (nSPS) is 22.3. The molecule has 16 heteroatoms. The first-order valence-electron chi connectivity index (χ1n) is 18.1. The maximum Gasteiger partial charge on any atom is 0.287 e. The van der Waals surface area contributed by atoms with Crippen LogP contribution < -0.4 is 16.4 Å². The van der Waals surface area contributed by atoms with Crippen molar-refractivity contribution >= 4 is 39.2 Å². The number of sulfone groups is 1. The Morgan fingerprint density at radius 2 is 1.60 bits per heavy atom. The summed E-state index contributed by atoms with van der Waals surface area (Å²) < 4.78 is 25.6. The van der Waals surface area contributed by atoms with Crippen molar-refractivity contribution in [2.75, 3.05) is 12.8 Å². The molecular weight excluding hydrogens is 691 g/mol. The van der Waals surface area contributed by atoms with Gasteiger partial charge in [-0.2, -0.15) is 0 Å². The molecule has 0 spiro atoms. The summed E-state index contributed by atoms with van der Waals surface area (Å²) in [5.74, 6) is -3.67. The molecule has 1 unspecified atom stereocenters. The SMILES string of the molecule is CC(CC1CCCCC1)(NC(=O)c1ccc(S(C)(=O)=O)cc1)C(=O)N1C[C@@H](n2nncc2C(C)(C)O)C[C@H]1C(=O)NC1(C(=O)C(N)=O)CCCCC1. The first-order valence-corrected chi connectivity index (χ1v) is 20.0. The van der Waals surface area contributed by atoms with Crippen LogP contribution in [-0.2, 0) is 34.6 Å². The maximum absolute atomic E-state index is 15.0. The third kappa shape index (κ3) is 8.38. The first-order chi connectivity index (χ1) is 24.3. The van der Waals surface area contributed by atoms with Crippen LogP contribution in [0, 0.1) is 5.92 Å². The lowest BCUT2D eigenvalue weighted by Crippen LogP contribution is -2.64. The number of carbonyl (C=O) groups is 5. The third-order valence-corrected chi connectivity index (χ3v) is 12.1. The fourth-order valence-electron chi connectivity index (χ4n) is 8.19. The largest absolute Gasteiger partial charge is 0.384 e. The summed E-state index contributed by atoms with van der Waals surface area (Å²) in [6, 6.07) is 3.69. The Bertz CT molecular complexity index is 1790. The Hall–Kier alpha value is -4.18. The Morgan fingerprint density at radius 3 is 2.17 bits per heavy atom. The van der Waals surface area contributed by atoms with Crippen LogP contribution in [0.3, 0.4) is 0 Å². The summed E-state index contributed by atoms with van der Waals surface area (Å²) in [6.07, 6.45) is 10.1. The molecule has 2 heterocycles. The van der Waals surface area contributed by atoms with Gasteiger partial charge in [0.05, 0.1) is 22.8 Å². The zero-order valence-corrected chi connectivity index (χ0v) is 31.2. The molecule has 2 aliphatic carbocycles. The monoisotopic (exact) mass is 741 g/mol. The van der Waals surface area contributed by atoms with Crippen molar-refractivity contribution in [3.05, 3.63) is 41.7 Å². The van der Waals surface area contributed by atoms with E-state index in [9.17, 15) is 32.7 Å². The number of nitrogens with zero attached hydrogens (tertiary/aromatic N) is 4. The first kappa shape index (κ1) is 39.0. The molecule has 5 rings (SSSR count). The van der Waals surface area contributed by atoms with Crippen LogP contribution in [0.25, 0.3) is 0 Å². The molecule has 1 aromatic heterocycles. The molecule has 5 N–H and O–H groups in total.